The number of benzene rings is 3. The standard InChI is InChI=1S/C34H33FN2O4/c1-3-41-33(40)30-22-34(23-37(30)32(39)28-10-7-11-29(35)24(28)2)18-20-36(21-19-34)31(38)27-16-14-26(15-17-27)13-12-25-8-5-4-6-9-25/h4-11,14-17,30H,3,18-23H2,1-2H3. The van der Waals surface area contributed by atoms with E-state index >= 15 is 0 Å². The summed E-state index contributed by atoms with van der Waals surface area (Å²) >= 11 is 0. The number of piperidine rings is 1. The summed E-state index contributed by atoms with van der Waals surface area (Å²) in [6, 6.07) is 20.7. The van der Waals surface area contributed by atoms with E-state index in [1.54, 1.807) is 36.9 Å². The van der Waals surface area contributed by atoms with Crippen LogP contribution in [-0.4, -0.2) is 59.9 Å². The lowest BCUT2D eigenvalue weighted by molar-refractivity contribution is -0.147. The van der Waals surface area contributed by atoms with Crippen molar-refractivity contribution in [3.63, 3.8) is 0 Å². The Bertz CT molecular complexity index is 1500. The van der Waals surface area contributed by atoms with Gasteiger partial charge in [0, 0.05) is 41.9 Å². The molecular formula is C34H33FN2O4. The fraction of sp³-hybridized carbons (Fsp3) is 0.324. The predicted molar refractivity (Wildman–Crippen MR) is 154 cm³/mol. The van der Waals surface area contributed by atoms with Gasteiger partial charge in [0.05, 0.1) is 6.61 Å². The number of hydrogen-bond donors (Lipinski definition) is 0. The summed E-state index contributed by atoms with van der Waals surface area (Å²) in [7, 11) is 0. The smallest absolute Gasteiger partial charge is 0.328 e. The van der Waals surface area contributed by atoms with E-state index in [-0.39, 0.29) is 35.0 Å². The molecule has 0 saturated carbocycles. The largest absolute Gasteiger partial charge is 0.464 e. The Morgan fingerprint density at radius 3 is 2.22 bits per heavy atom. The van der Waals surface area contributed by atoms with E-state index in [0.717, 1.165) is 11.1 Å². The number of hydrogen-bond acceptors (Lipinski definition) is 4. The molecule has 3 aromatic rings. The van der Waals surface area contributed by atoms with E-state index in [4.69, 9.17) is 4.74 Å². The average Bonchev–Trinajstić information content (AvgIpc) is 3.37. The van der Waals surface area contributed by atoms with E-state index in [2.05, 4.69) is 11.8 Å². The monoisotopic (exact) mass is 552 g/mol. The maximum absolute atomic E-state index is 14.2. The normalized spacial score (nSPS) is 17.6. The van der Waals surface area contributed by atoms with Gasteiger partial charge in [0.25, 0.3) is 11.8 Å². The quantitative estimate of drug-likeness (QED) is 0.328. The molecule has 0 aromatic heterocycles. The molecule has 0 bridgehead atoms. The minimum atomic E-state index is -0.739. The zero-order valence-electron chi connectivity index (χ0n) is 23.4. The first kappa shape index (κ1) is 28.1. The van der Waals surface area contributed by atoms with Crippen molar-refractivity contribution in [3.8, 4) is 11.8 Å². The molecule has 5 rings (SSSR count). The van der Waals surface area contributed by atoms with E-state index in [9.17, 15) is 18.8 Å². The Labute approximate surface area is 240 Å². The Hall–Kier alpha value is -4.44. The first-order valence-corrected chi connectivity index (χ1v) is 14.0. The van der Waals surface area contributed by atoms with E-state index in [1.807, 2.05) is 47.4 Å². The molecule has 1 unspecified atom stereocenters. The van der Waals surface area contributed by atoms with Gasteiger partial charge in [0.2, 0.25) is 0 Å². The van der Waals surface area contributed by atoms with E-state index in [1.165, 1.54) is 12.1 Å². The first-order valence-electron chi connectivity index (χ1n) is 14.0. The second-order valence-corrected chi connectivity index (χ2v) is 10.8. The van der Waals surface area contributed by atoms with Gasteiger partial charge in [-0.05, 0) is 92.6 Å². The molecule has 2 amide bonds. The molecule has 7 heteroatoms. The van der Waals surface area contributed by atoms with Crippen LogP contribution in [0.3, 0.4) is 0 Å². The lowest BCUT2D eigenvalue weighted by atomic mass is 9.76. The highest BCUT2D eigenvalue weighted by atomic mass is 19.1. The summed E-state index contributed by atoms with van der Waals surface area (Å²) in [5.41, 5.74) is 2.55. The second-order valence-electron chi connectivity index (χ2n) is 10.8. The summed E-state index contributed by atoms with van der Waals surface area (Å²) in [6.07, 6.45) is 1.77. The molecule has 210 valence electrons. The zero-order chi connectivity index (χ0) is 29.0. The lowest BCUT2D eigenvalue weighted by Crippen LogP contribution is -2.45. The number of ether oxygens (including phenoxy) is 1. The van der Waals surface area contributed by atoms with Crippen LogP contribution in [0.4, 0.5) is 4.39 Å². The van der Waals surface area contributed by atoms with Gasteiger partial charge in [-0.25, -0.2) is 9.18 Å². The fourth-order valence-electron chi connectivity index (χ4n) is 5.80. The third kappa shape index (κ3) is 6.02. The molecule has 0 radical (unpaired) electrons. The summed E-state index contributed by atoms with van der Waals surface area (Å²) in [5.74, 6) is 4.93. The number of rotatable bonds is 4. The van der Waals surface area contributed by atoms with Crippen molar-refractivity contribution in [2.45, 2.75) is 39.2 Å². The van der Waals surface area contributed by atoms with Gasteiger partial charge in [-0.15, -0.1) is 0 Å². The van der Waals surface area contributed by atoms with Crippen molar-refractivity contribution in [2.75, 3.05) is 26.2 Å². The molecule has 1 atom stereocenters. The molecule has 0 N–H and O–H groups in total. The molecular weight excluding hydrogens is 519 g/mol. The maximum Gasteiger partial charge on any atom is 0.328 e. The number of carbonyl (C=O) groups is 3. The van der Waals surface area contributed by atoms with Crippen LogP contribution in [0, 0.1) is 30.0 Å². The number of amides is 2. The Kier molecular flexibility index (Phi) is 8.21. The third-order valence-corrected chi connectivity index (χ3v) is 8.19. The third-order valence-electron chi connectivity index (χ3n) is 8.19. The van der Waals surface area contributed by atoms with Crippen LogP contribution < -0.4 is 0 Å². The number of carbonyl (C=O) groups excluding carboxylic acids is 3. The molecule has 6 nitrogen and oxygen atoms in total. The topological polar surface area (TPSA) is 66.9 Å². The van der Waals surface area contributed by atoms with Gasteiger partial charge in [-0.3, -0.25) is 9.59 Å². The number of esters is 1. The molecule has 41 heavy (non-hydrogen) atoms. The first-order chi connectivity index (χ1) is 19.8. The van der Waals surface area contributed by atoms with Gasteiger partial charge in [0.1, 0.15) is 11.9 Å². The SMILES string of the molecule is CCOC(=O)C1CC2(CCN(C(=O)c3ccc(C#Cc4ccccc4)cc3)CC2)CN1C(=O)c1cccc(F)c1C. The van der Waals surface area contributed by atoms with E-state index in [0.29, 0.717) is 44.5 Å². The predicted octanol–water partition coefficient (Wildman–Crippen LogP) is 5.23. The van der Waals surface area contributed by atoms with Gasteiger partial charge < -0.3 is 14.5 Å². The Morgan fingerprint density at radius 2 is 1.56 bits per heavy atom. The summed E-state index contributed by atoms with van der Waals surface area (Å²) in [4.78, 5) is 43.1. The average molecular weight is 553 g/mol. The summed E-state index contributed by atoms with van der Waals surface area (Å²) in [6.45, 7) is 4.92. The second kappa shape index (κ2) is 12.0. The van der Waals surface area contributed by atoms with E-state index < -0.39 is 17.8 Å². The maximum atomic E-state index is 14.2. The fourth-order valence-corrected chi connectivity index (χ4v) is 5.80. The Morgan fingerprint density at radius 1 is 0.902 bits per heavy atom. The summed E-state index contributed by atoms with van der Waals surface area (Å²) < 4.78 is 19.6. The number of likely N-dealkylation sites (tertiary alicyclic amines) is 2. The molecule has 0 aliphatic carbocycles. The van der Waals surface area contributed by atoms with Crippen LogP contribution in [-0.2, 0) is 9.53 Å². The number of halogens is 1. The van der Waals surface area contributed by atoms with Crippen molar-refractivity contribution in [3.05, 3.63) is 106 Å². The van der Waals surface area contributed by atoms with Gasteiger partial charge in [0.15, 0.2) is 0 Å². The minimum absolute atomic E-state index is 0.0503. The number of nitrogens with zero attached hydrogens (tertiary/aromatic N) is 2. The van der Waals surface area contributed by atoms with Crippen LogP contribution >= 0.6 is 0 Å². The lowest BCUT2D eigenvalue weighted by Gasteiger charge is -2.39. The van der Waals surface area contributed by atoms with Gasteiger partial charge in [-0.1, -0.05) is 36.1 Å². The summed E-state index contributed by atoms with van der Waals surface area (Å²) in [5, 5.41) is 0. The van der Waals surface area contributed by atoms with Gasteiger partial charge in [-0.2, -0.15) is 0 Å². The van der Waals surface area contributed by atoms with Crippen LogP contribution in [0.2, 0.25) is 0 Å². The highest BCUT2D eigenvalue weighted by Crippen LogP contribution is 2.44. The van der Waals surface area contributed by atoms with Crippen molar-refractivity contribution in [1.29, 1.82) is 0 Å². The Balaban J connectivity index is 1.27. The molecule has 2 fully saturated rings. The van der Waals surface area contributed by atoms with Crippen molar-refractivity contribution < 1.29 is 23.5 Å². The minimum Gasteiger partial charge on any atom is -0.464 e. The molecule has 3 aromatic carbocycles. The van der Waals surface area contributed by atoms with Crippen LogP contribution in [0.25, 0.3) is 0 Å². The highest BCUT2D eigenvalue weighted by molar-refractivity contribution is 5.98. The molecule has 1 spiro atoms. The van der Waals surface area contributed by atoms with Crippen LogP contribution in [0.15, 0.2) is 72.8 Å². The molecule has 2 heterocycles. The molecule has 2 aliphatic heterocycles. The van der Waals surface area contributed by atoms with Crippen molar-refractivity contribution >= 4 is 17.8 Å². The van der Waals surface area contributed by atoms with Gasteiger partial charge >= 0.3 is 5.97 Å². The highest BCUT2D eigenvalue weighted by Gasteiger charge is 2.51. The van der Waals surface area contributed by atoms with Crippen molar-refractivity contribution in [2.24, 2.45) is 5.41 Å². The molecule has 2 saturated heterocycles. The molecule has 2 aliphatic rings. The zero-order valence-corrected chi connectivity index (χ0v) is 23.4. The van der Waals surface area contributed by atoms with Crippen molar-refractivity contribution in [1.82, 2.24) is 9.80 Å². The van der Waals surface area contributed by atoms with Crippen LogP contribution in [0.5, 0.6) is 0 Å². The van der Waals surface area contributed by atoms with Crippen LogP contribution in [0.1, 0.15) is 63.6 Å².